The highest BCUT2D eigenvalue weighted by atomic mass is 35.5. The SMILES string of the molecule is O=C(CCl)N1CC(CO)C1. The molecule has 0 saturated carbocycles. The number of carbonyl (C=O) groups is 1. The predicted octanol–water partition coefficient (Wildman–Crippen LogP) is -0.324. The summed E-state index contributed by atoms with van der Waals surface area (Å²) in [5, 5.41) is 8.59. The summed E-state index contributed by atoms with van der Waals surface area (Å²) in [6.45, 7) is 1.51. The molecule has 0 aliphatic carbocycles. The Morgan fingerprint density at radius 3 is 2.70 bits per heavy atom. The topological polar surface area (TPSA) is 40.5 Å². The second kappa shape index (κ2) is 3.21. The highest BCUT2D eigenvalue weighted by Gasteiger charge is 2.28. The van der Waals surface area contributed by atoms with Crippen LogP contribution in [-0.4, -0.2) is 41.5 Å². The van der Waals surface area contributed by atoms with Crippen LogP contribution in [0.15, 0.2) is 0 Å². The van der Waals surface area contributed by atoms with Gasteiger partial charge >= 0.3 is 0 Å². The third-order valence-electron chi connectivity index (χ3n) is 1.68. The Bertz CT molecular complexity index is 134. The largest absolute Gasteiger partial charge is 0.396 e. The van der Waals surface area contributed by atoms with Gasteiger partial charge in [-0.2, -0.15) is 0 Å². The lowest BCUT2D eigenvalue weighted by Crippen LogP contribution is -2.51. The third-order valence-corrected chi connectivity index (χ3v) is 1.91. The van der Waals surface area contributed by atoms with Gasteiger partial charge in [-0.1, -0.05) is 0 Å². The Hall–Kier alpha value is -0.280. The maximum atomic E-state index is 10.8. The standard InChI is InChI=1S/C6H10ClNO2/c7-1-6(10)8-2-5(3-8)4-9/h5,9H,1-4H2. The quantitative estimate of drug-likeness (QED) is 0.567. The zero-order valence-electron chi connectivity index (χ0n) is 5.59. The van der Waals surface area contributed by atoms with E-state index in [0.29, 0.717) is 13.1 Å². The van der Waals surface area contributed by atoms with E-state index in [-0.39, 0.29) is 24.3 Å². The zero-order valence-corrected chi connectivity index (χ0v) is 6.34. The van der Waals surface area contributed by atoms with Crippen LogP contribution in [0.1, 0.15) is 0 Å². The molecule has 1 aliphatic heterocycles. The van der Waals surface area contributed by atoms with Gasteiger partial charge in [0.05, 0.1) is 0 Å². The Balaban J connectivity index is 2.19. The highest BCUT2D eigenvalue weighted by molar-refractivity contribution is 6.27. The van der Waals surface area contributed by atoms with Crippen molar-refractivity contribution in [2.45, 2.75) is 0 Å². The number of nitrogens with zero attached hydrogens (tertiary/aromatic N) is 1. The first-order valence-electron chi connectivity index (χ1n) is 3.22. The van der Waals surface area contributed by atoms with Crippen LogP contribution in [0.25, 0.3) is 0 Å². The van der Waals surface area contributed by atoms with Crippen LogP contribution >= 0.6 is 11.6 Å². The van der Waals surface area contributed by atoms with E-state index >= 15 is 0 Å². The van der Waals surface area contributed by atoms with Crippen LogP contribution < -0.4 is 0 Å². The number of hydrogen-bond acceptors (Lipinski definition) is 2. The first kappa shape index (κ1) is 7.82. The molecule has 3 nitrogen and oxygen atoms in total. The van der Waals surface area contributed by atoms with Gasteiger partial charge in [-0.25, -0.2) is 0 Å². The van der Waals surface area contributed by atoms with Gasteiger partial charge in [0.15, 0.2) is 0 Å². The molecule has 58 valence electrons. The van der Waals surface area contributed by atoms with Gasteiger partial charge in [-0.05, 0) is 0 Å². The number of alkyl halides is 1. The fourth-order valence-corrected chi connectivity index (χ4v) is 1.14. The van der Waals surface area contributed by atoms with E-state index in [1.807, 2.05) is 0 Å². The molecule has 4 heteroatoms. The van der Waals surface area contributed by atoms with E-state index in [9.17, 15) is 4.79 Å². The van der Waals surface area contributed by atoms with Gasteiger partial charge in [0.2, 0.25) is 5.91 Å². The highest BCUT2D eigenvalue weighted by Crippen LogP contribution is 2.14. The van der Waals surface area contributed by atoms with E-state index in [4.69, 9.17) is 16.7 Å². The van der Waals surface area contributed by atoms with Crippen molar-refractivity contribution in [2.24, 2.45) is 5.92 Å². The molecule has 0 aromatic carbocycles. The van der Waals surface area contributed by atoms with Crippen molar-refractivity contribution >= 4 is 17.5 Å². The molecule has 1 heterocycles. The van der Waals surface area contributed by atoms with Crippen molar-refractivity contribution in [1.82, 2.24) is 4.90 Å². The van der Waals surface area contributed by atoms with Gasteiger partial charge < -0.3 is 10.0 Å². The summed E-state index contributed by atoms with van der Waals surface area (Å²) >= 11 is 5.30. The first-order valence-corrected chi connectivity index (χ1v) is 3.76. The third kappa shape index (κ3) is 1.41. The number of aliphatic hydroxyl groups excluding tert-OH is 1. The summed E-state index contributed by atoms with van der Waals surface area (Å²) in [4.78, 5) is 12.4. The van der Waals surface area contributed by atoms with Crippen molar-refractivity contribution in [3.8, 4) is 0 Å². The lowest BCUT2D eigenvalue weighted by molar-refractivity contribution is -0.135. The number of hydrogen-bond donors (Lipinski definition) is 1. The molecule has 0 bridgehead atoms. The molecule has 1 amide bonds. The average Bonchev–Trinajstić information content (AvgIpc) is 1.85. The normalized spacial score (nSPS) is 18.8. The summed E-state index contributed by atoms with van der Waals surface area (Å²) in [7, 11) is 0. The number of rotatable bonds is 2. The van der Waals surface area contributed by atoms with Crippen LogP contribution in [0.5, 0.6) is 0 Å². The molecule has 0 spiro atoms. The summed E-state index contributed by atoms with van der Waals surface area (Å²) in [6, 6.07) is 0. The van der Waals surface area contributed by atoms with Crippen LogP contribution in [0.2, 0.25) is 0 Å². The summed E-state index contributed by atoms with van der Waals surface area (Å²) < 4.78 is 0. The minimum Gasteiger partial charge on any atom is -0.396 e. The molecule has 0 atom stereocenters. The van der Waals surface area contributed by atoms with Crippen molar-refractivity contribution in [1.29, 1.82) is 0 Å². The van der Waals surface area contributed by atoms with E-state index in [1.165, 1.54) is 0 Å². The molecular weight excluding hydrogens is 154 g/mol. The molecule has 0 aromatic rings. The summed E-state index contributed by atoms with van der Waals surface area (Å²) in [5.74, 6) is 0.302. The Kier molecular flexibility index (Phi) is 2.51. The van der Waals surface area contributed by atoms with E-state index in [0.717, 1.165) is 0 Å². The Morgan fingerprint density at radius 1 is 1.70 bits per heavy atom. The van der Waals surface area contributed by atoms with E-state index in [1.54, 1.807) is 4.90 Å². The molecule has 0 unspecified atom stereocenters. The number of halogens is 1. The molecular formula is C6H10ClNO2. The van der Waals surface area contributed by atoms with Crippen molar-refractivity contribution < 1.29 is 9.90 Å². The minimum atomic E-state index is -0.0358. The number of aliphatic hydroxyl groups is 1. The maximum absolute atomic E-state index is 10.8. The molecule has 1 N–H and O–H groups in total. The van der Waals surface area contributed by atoms with Gasteiger partial charge in [0, 0.05) is 25.6 Å². The van der Waals surface area contributed by atoms with Gasteiger partial charge in [-0.15, -0.1) is 11.6 Å². The fourth-order valence-electron chi connectivity index (χ4n) is 0.973. The van der Waals surface area contributed by atoms with Gasteiger partial charge in [0.25, 0.3) is 0 Å². The molecule has 1 aliphatic rings. The molecule has 1 saturated heterocycles. The lowest BCUT2D eigenvalue weighted by Gasteiger charge is -2.37. The molecule has 0 aromatic heterocycles. The summed E-state index contributed by atoms with van der Waals surface area (Å²) in [6.07, 6.45) is 0. The van der Waals surface area contributed by atoms with Crippen LogP contribution in [0.3, 0.4) is 0 Å². The van der Waals surface area contributed by atoms with Crippen molar-refractivity contribution in [3.63, 3.8) is 0 Å². The molecule has 1 fully saturated rings. The maximum Gasteiger partial charge on any atom is 0.237 e. The second-order valence-corrected chi connectivity index (χ2v) is 2.75. The molecule has 10 heavy (non-hydrogen) atoms. The smallest absolute Gasteiger partial charge is 0.237 e. The molecule has 1 rings (SSSR count). The van der Waals surface area contributed by atoms with Crippen LogP contribution in [0.4, 0.5) is 0 Å². The van der Waals surface area contributed by atoms with Gasteiger partial charge in [-0.3, -0.25) is 4.79 Å². The Labute approximate surface area is 64.6 Å². The predicted molar refractivity (Wildman–Crippen MR) is 37.9 cm³/mol. The monoisotopic (exact) mass is 163 g/mol. The van der Waals surface area contributed by atoms with Gasteiger partial charge in [0.1, 0.15) is 5.88 Å². The number of amides is 1. The first-order chi connectivity index (χ1) is 4.77. The second-order valence-electron chi connectivity index (χ2n) is 2.48. The van der Waals surface area contributed by atoms with Crippen molar-refractivity contribution in [3.05, 3.63) is 0 Å². The average molecular weight is 164 g/mol. The number of carbonyl (C=O) groups excluding carboxylic acids is 1. The minimum absolute atomic E-state index is 0.0358. The molecule has 0 radical (unpaired) electrons. The van der Waals surface area contributed by atoms with Crippen LogP contribution in [-0.2, 0) is 4.79 Å². The number of likely N-dealkylation sites (tertiary alicyclic amines) is 1. The lowest BCUT2D eigenvalue weighted by atomic mass is 10.0. The fraction of sp³-hybridized carbons (Fsp3) is 0.833. The van der Waals surface area contributed by atoms with Crippen LogP contribution in [0, 0.1) is 5.92 Å². The Morgan fingerprint density at radius 2 is 2.30 bits per heavy atom. The zero-order chi connectivity index (χ0) is 7.56. The van der Waals surface area contributed by atoms with E-state index in [2.05, 4.69) is 0 Å². The van der Waals surface area contributed by atoms with Crippen molar-refractivity contribution in [2.75, 3.05) is 25.6 Å². The summed E-state index contributed by atoms with van der Waals surface area (Å²) in [5.41, 5.74) is 0. The van der Waals surface area contributed by atoms with E-state index < -0.39 is 0 Å².